The molecule has 1 aromatic carbocycles. The fourth-order valence-electron chi connectivity index (χ4n) is 1.88. The van der Waals surface area contributed by atoms with Gasteiger partial charge >= 0.3 is 0 Å². The number of aromatic nitrogens is 2. The summed E-state index contributed by atoms with van der Waals surface area (Å²) in [6, 6.07) is 12.2. The van der Waals surface area contributed by atoms with Crippen molar-refractivity contribution in [3.63, 3.8) is 0 Å². The zero-order chi connectivity index (χ0) is 12.3. The summed E-state index contributed by atoms with van der Waals surface area (Å²) in [5, 5.41) is 0. The van der Waals surface area contributed by atoms with E-state index in [0.717, 1.165) is 29.6 Å². The van der Waals surface area contributed by atoms with Gasteiger partial charge in [-0.1, -0.05) is 18.2 Å². The second-order valence-electron chi connectivity index (χ2n) is 4.03. The summed E-state index contributed by atoms with van der Waals surface area (Å²) < 4.78 is 0. The molecule has 0 saturated heterocycles. The fraction of sp³-hybridized carbons (Fsp3) is 0.286. The zero-order valence-corrected chi connectivity index (χ0v) is 10.5. The molecule has 0 aliphatic heterocycles. The molecule has 0 fully saturated rings. The van der Waals surface area contributed by atoms with E-state index in [2.05, 4.69) is 33.9 Å². The SMILES string of the molecule is CCN(c1ccccc1)c1nc(C)cc(C)n1. The highest BCUT2D eigenvalue weighted by Gasteiger charge is 2.10. The summed E-state index contributed by atoms with van der Waals surface area (Å²) in [6.07, 6.45) is 0. The van der Waals surface area contributed by atoms with Crippen LogP contribution in [0.4, 0.5) is 11.6 Å². The van der Waals surface area contributed by atoms with Gasteiger partial charge in [0.25, 0.3) is 0 Å². The first-order chi connectivity index (χ1) is 8.20. The van der Waals surface area contributed by atoms with Crippen molar-refractivity contribution in [2.45, 2.75) is 20.8 Å². The van der Waals surface area contributed by atoms with Gasteiger partial charge in [-0.15, -0.1) is 0 Å². The van der Waals surface area contributed by atoms with E-state index < -0.39 is 0 Å². The Balaban J connectivity index is 2.42. The predicted molar refractivity (Wildman–Crippen MR) is 70.6 cm³/mol. The highest BCUT2D eigenvalue weighted by atomic mass is 15.2. The van der Waals surface area contributed by atoms with Crippen LogP contribution >= 0.6 is 0 Å². The second-order valence-corrected chi connectivity index (χ2v) is 4.03. The first kappa shape index (κ1) is 11.6. The van der Waals surface area contributed by atoms with Crippen LogP contribution in [0.5, 0.6) is 0 Å². The Morgan fingerprint density at radius 2 is 1.59 bits per heavy atom. The number of rotatable bonds is 3. The number of hydrogen-bond donors (Lipinski definition) is 0. The Morgan fingerprint density at radius 1 is 1.00 bits per heavy atom. The first-order valence-electron chi connectivity index (χ1n) is 5.85. The van der Waals surface area contributed by atoms with Crippen molar-refractivity contribution >= 4 is 11.6 Å². The summed E-state index contributed by atoms with van der Waals surface area (Å²) in [6.45, 7) is 6.95. The Labute approximate surface area is 102 Å². The van der Waals surface area contributed by atoms with E-state index in [4.69, 9.17) is 0 Å². The van der Waals surface area contributed by atoms with Crippen molar-refractivity contribution in [1.29, 1.82) is 0 Å². The van der Waals surface area contributed by atoms with Crippen molar-refractivity contribution in [2.24, 2.45) is 0 Å². The van der Waals surface area contributed by atoms with Crippen molar-refractivity contribution in [3.05, 3.63) is 47.8 Å². The molecule has 2 rings (SSSR count). The number of anilines is 2. The van der Waals surface area contributed by atoms with Gasteiger partial charge in [0.1, 0.15) is 0 Å². The number of aryl methyl sites for hydroxylation is 2. The van der Waals surface area contributed by atoms with Gasteiger partial charge in [-0.3, -0.25) is 0 Å². The Hall–Kier alpha value is -1.90. The standard InChI is InChI=1S/C14H17N3/c1-4-17(13-8-6-5-7-9-13)14-15-11(2)10-12(3)16-14/h5-10H,4H2,1-3H3. The van der Waals surface area contributed by atoms with Crippen LogP contribution in [-0.4, -0.2) is 16.5 Å². The molecule has 0 radical (unpaired) electrons. The molecule has 3 heteroatoms. The number of para-hydroxylation sites is 1. The number of benzene rings is 1. The van der Waals surface area contributed by atoms with Gasteiger partial charge in [-0.05, 0) is 39.0 Å². The van der Waals surface area contributed by atoms with Crippen LogP contribution in [0.15, 0.2) is 36.4 Å². The average Bonchev–Trinajstić information content (AvgIpc) is 2.30. The quantitative estimate of drug-likeness (QED) is 0.806. The number of nitrogens with zero attached hydrogens (tertiary/aromatic N) is 3. The van der Waals surface area contributed by atoms with E-state index in [1.54, 1.807) is 0 Å². The second kappa shape index (κ2) is 4.95. The van der Waals surface area contributed by atoms with Gasteiger partial charge in [0.05, 0.1) is 0 Å². The lowest BCUT2D eigenvalue weighted by atomic mass is 10.3. The summed E-state index contributed by atoms with van der Waals surface area (Å²) in [7, 11) is 0. The van der Waals surface area contributed by atoms with Crippen LogP contribution in [0.25, 0.3) is 0 Å². The van der Waals surface area contributed by atoms with Crippen LogP contribution in [0.2, 0.25) is 0 Å². The minimum Gasteiger partial charge on any atom is -0.311 e. The molecule has 3 nitrogen and oxygen atoms in total. The highest BCUT2D eigenvalue weighted by molar-refractivity contribution is 5.56. The molecule has 0 amide bonds. The van der Waals surface area contributed by atoms with Crippen LogP contribution in [0.1, 0.15) is 18.3 Å². The monoisotopic (exact) mass is 227 g/mol. The maximum atomic E-state index is 4.50. The molecular weight excluding hydrogens is 210 g/mol. The molecule has 1 aromatic heterocycles. The molecule has 0 N–H and O–H groups in total. The first-order valence-corrected chi connectivity index (χ1v) is 5.85. The molecule has 88 valence electrons. The third kappa shape index (κ3) is 2.61. The van der Waals surface area contributed by atoms with E-state index in [1.807, 2.05) is 38.1 Å². The smallest absolute Gasteiger partial charge is 0.230 e. The summed E-state index contributed by atoms with van der Waals surface area (Å²) >= 11 is 0. The van der Waals surface area contributed by atoms with Crippen LogP contribution in [0.3, 0.4) is 0 Å². The van der Waals surface area contributed by atoms with Gasteiger partial charge in [0.2, 0.25) is 5.95 Å². The highest BCUT2D eigenvalue weighted by Crippen LogP contribution is 2.21. The molecule has 0 spiro atoms. The lowest BCUT2D eigenvalue weighted by Gasteiger charge is -2.21. The molecular formula is C14H17N3. The van der Waals surface area contributed by atoms with E-state index >= 15 is 0 Å². The van der Waals surface area contributed by atoms with Gasteiger partial charge in [-0.2, -0.15) is 0 Å². The Morgan fingerprint density at radius 3 is 2.12 bits per heavy atom. The predicted octanol–water partition coefficient (Wildman–Crippen LogP) is 3.25. The summed E-state index contributed by atoms with van der Waals surface area (Å²) in [5.74, 6) is 0.774. The Bertz CT molecular complexity index is 474. The Kier molecular flexibility index (Phi) is 3.38. The molecule has 0 aliphatic carbocycles. The van der Waals surface area contributed by atoms with E-state index in [0.29, 0.717) is 0 Å². The molecule has 17 heavy (non-hydrogen) atoms. The van der Waals surface area contributed by atoms with E-state index in [-0.39, 0.29) is 0 Å². The average molecular weight is 227 g/mol. The molecule has 1 heterocycles. The molecule has 0 saturated carbocycles. The topological polar surface area (TPSA) is 29.0 Å². The summed E-state index contributed by atoms with van der Waals surface area (Å²) in [4.78, 5) is 11.1. The molecule has 0 unspecified atom stereocenters. The van der Waals surface area contributed by atoms with Crippen molar-refractivity contribution in [1.82, 2.24) is 9.97 Å². The van der Waals surface area contributed by atoms with Crippen molar-refractivity contribution < 1.29 is 0 Å². The number of hydrogen-bond acceptors (Lipinski definition) is 3. The minimum absolute atomic E-state index is 0.774. The van der Waals surface area contributed by atoms with Gasteiger partial charge in [0.15, 0.2) is 0 Å². The zero-order valence-electron chi connectivity index (χ0n) is 10.5. The largest absolute Gasteiger partial charge is 0.311 e. The van der Waals surface area contributed by atoms with E-state index in [1.165, 1.54) is 0 Å². The third-order valence-corrected chi connectivity index (χ3v) is 2.60. The maximum absolute atomic E-state index is 4.50. The molecule has 0 atom stereocenters. The lowest BCUT2D eigenvalue weighted by molar-refractivity contribution is 0.920. The lowest BCUT2D eigenvalue weighted by Crippen LogP contribution is -2.19. The van der Waals surface area contributed by atoms with Crippen molar-refractivity contribution in [3.8, 4) is 0 Å². The van der Waals surface area contributed by atoms with Gasteiger partial charge < -0.3 is 4.90 Å². The molecule has 0 bridgehead atoms. The maximum Gasteiger partial charge on any atom is 0.230 e. The molecule has 2 aromatic rings. The third-order valence-electron chi connectivity index (χ3n) is 2.60. The van der Waals surface area contributed by atoms with Gasteiger partial charge in [-0.25, -0.2) is 9.97 Å². The summed E-state index contributed by atoms with van der Waals surface area (Å²) in [5.41, 5.74) is 3.13. The van der Waals surface area contributed by atoms with Crippen LogP contribution < -0.4 is 4.90 Å². The van der Waals surface area contributed by atoms with Crippen LogP contribution in [0, 0.1) is 13.8 Å². The van der Waals surface area contributed by atoms with Gasteiger partial charge in [0, 0.05) is 23.6 Å². The fourth-order valence-corrected chi connectivity index (χ4v) is 1.88. The van der Waals surface area contributed by atoms with E-state index in [9.17, 15) is 0 Å². The van der Waals surface area contributed by atoms with Crippen molar-refractivity contribution in [2.75, 3.05) is 11.4 Å². The molecule has 0 aliphatic rings. The minimum atomic E-state index is 0.774. The normalized spacial score (nSPS) is 10.3. The van der Waals surface area contributed by atoms with Crippen LogP contribution in [-0.2, 0) is 0 Å².